The third-order valence-electron chi connectivity index (χ3n) is 3.30. The van der Waals surface area contributed by atoms with Crippen molar-refractivity contribution in [3.63, 3.8) is 0 Å². The van der Waals surface area contributed by atoms with E-state index in [1.54, 1.807) is 4.90 Å². The second kappa shape index (κ2) is 7.68. The van der Waals surface area contributed by atoms with Gasteiger partial charge in [0, 0.05) is 24.6 Å². The number of benzene rings is 1. The monoisotopic (exact) mass is 277 g/mol. The van der Waals surface area contributed by atoms with Gasteiger partial charge in [-0.25, -0.2) is 0 Å². The summed E-state index contributed by atoms with van der Waals surface area (Å²) in [6, 6.07) is 7.65. The fourth-order valence-electron chi connectivity index (χ4n) is 2.19. The highest BCUT2D eigenvalue weighted by Gasteiger charge is 2.20. The van der Waals surface area contributed by atoms with Crippen molar-refractivity contribution in [2.45, 2.75) is 46.1 Å². The number of aliphatic carboxylic acids is 1. The highest BCUT2D eigenvalue weighted by molar-refractivity contribution is 5.95. The van der Waals surface area contributed by atoms with Gasteiger partial charge in [0.2, 0.25) is 0 Å². The number of aryl methyl sites for hydroxylation is 1. The Kier molecular flexibility index (Phi) is 6.22. The molecule has 1 aromatic rings. The van der Waals surface area contributed by atoms with Gasteiger partial charge in [-0.1, -0.05) is 25.1 Å². The highest BCUT2D eigenvalue weighted by atomic mass is 16.4. The van der Waals surface area contributed by atoms with Crippen molar-refractivity contribution in [1.82, 2.24) is 4.90 Å². The fourth-order valence-corrected chi connectivity index (χ4v) is 2.19. The maximum Gasteiger partial charge on any atom is 0.303 e. The fraction of sp³-hybridized carbons (Fsp3) is 0.500. The van der Waals surface area contributed by atoms with Gasteiger partial charge in [-0.3, -0.25) is 9.59 Å². The third-order valence-corrected chi connectivity index (χ3v) is 3.30. The minimum Gasteiger partial charge on any atom is -0.481 e. The molecule has 1 N–H and O–H groups in total. The molecule has 0 saturated heterocycles. The summed E-state index contributed by atoms with van der Waals surface area (Å²) in [7, 11) is 0. The van der Waals surface area contributed by atoms with E-state index in [0.29, 0.717) is 13.0 Å². The smallest absolute Gasteiger partial charge is 0.303 e. The lowest BCUT2D eigenvalue weighted by atomic mass is 10.0. The summed E-state index contributed by atoms with van der Waals surface area (Å²) >= 11 is 0. The van der Waals surface area contributed by atoms with Gasteiger partial charge in [0.1, 0.15) is 0 Å². The zero-order valence-corrected chi connectivity index (χ0v) is 12.4. The number of carboxylic acids is 1. The van der Waals surface area contributed by atoms with Gasteiger partial charge in [0.05, 0.1) is 0 Å². The molecule has 0 aromatic heterocycles. The van der Waals surface area contributed by atoms with Crippen molar-refractivity contribution in [3.8, 4) is 0 Å². The molecule has 0 aliphatic heterocycles. The van der Waals surface area contributed by atoms with Crippen LogP contribution in [0.2, 0.25) is 0 Å². The second-order valence-electron chi connectivity index (χ2n) is 5.10. The van der Waals surface area contributed by atoms with Gasteiger partial charge in [-0.15, -0.1) is 0 Å². The summed E-state index contributed by atoms with van der Waals surface area (Å²) in [5.41, 5.74) is 1.75. The molecule has 0 fully saturated rings. The van der Waals surface area contributed by atoms with Crippen LogP contribution in [0.3, 0.4) is 0 Å². The van der Waals surface area contributed by atoms with Gasteiger partial charge in [-0.2, -0.15) is 0 Å². The van der Waals surface area contributed by atoms with Gasteiger partial charge >= 0.3 is 5.97 Å². The zero-order chi connectivity index (χ0) is 15.1. The molecule has 0 bridgehead atoms. The maximum atomic E-state index is 12.6. The van der Waals surface area contributed by atoms with Crippen LogP contribution in [-0.4, -0.2) is 34.5 Å². The normalized spacial score (nSPS) is 10.6. The number of carbonyl (C=O) groups is 2. The number of amides is 1. The predicted octanol–water partition coefficient (Wildman–Crippen LogP) is 2.96. The summed E-state index contributed by atoms with van der Waals surface area (Å²) in [6.45, 7) is 6.40. The standard InChI is InChI=1S/C16H23NO3/c1-4-13-8-5-6-9-14(13)16(20)17(12(2)3)11-7-10-15(18)19/h5-6,8-9,12H,4,7,10-11H2,1-3H3,(H,18,19). The Morgan fingerprint density at radius 3 is 2.45 bits per heavy atom. The van der Waals surface area contributed by atoms with Crippen LogP contribution in [0.5, 0.6) is 0 Å². The van der Waals surface area contributed by atoms with Crippen molar-refractivity contribution in [3.05, 3.63) is 35.4 Å². The minimum atomic E-state index is -0.824. The first-order chi connectivity index (χ1) is 9.47. The van der Waals surface area contributed by atoms with Gasteiger partial charge in [0.15, 0.2) is 0 Å². The molecule has 0 saturated carbocycles. The quantitative estimate of drug-likeness (QED) is 0.833. The number of carboxylic acid groups (broad SMARTS) is 1. The van der Waals surface area contributed by atoms with Crippen molar-refractivity contribution in [2.75, 3.05) is 6.54 Å². The van der Waals surface area contributed by atoms with Crippen LogP contribution >= 0.6 is 0 Å². The van der Waals surface area contributed by atoms with Crippen molar-refractivity contribution in [2.24, 2.45) is 0 Å². The topological polar surface area (TPSA) is 57.6 Å². The van der Waals surface area contributed by atoms with E-state index < -0.39 is 5.97 Å². The zero-order valence-electron chi connectivity index (χ0n) is 12.4. The van der Waals surface area contributed by atoms with E-state index in [4.69, 9.17) is 5.11 Å². The summed E-state index contributed by atoms with van der Waals surface area (Å²) < 4.78 is 0. The number of rotatable bonds is 7. The van der Waals surface area contributed by atoms with Crippen LogP contribution in [-0.2, 0) is 11.2 Å². The van der Waals surface area contributed by atoms with Crippen LogP contribution in [0.15, 0.2) is 24.3 Å². The molecule has 1 rings (SSSR count). The highest BCUT2D eigenvalue weighted by Crippen LogP contribution is 2.15. The Labute approximate surface area is 120 Å². The molecule has 110 valence electrons. The second-order valence-corrected chi connectivity index (χ2v) is 5.10. The largest absolute Gasteiger partial charge is 0.481 e. The van der Waals surface area contributed by atoms with Crippen LogP contribution in [0.25, 0.3) is 0 Å². The molecular weight excluding hydrogens is 254 g/mol. The Morgan fingerprint density at radius 2 is 1.90 bits per heavy atom. The van der Waals surface area contributed by atoms with Crippen LogP contribution in [0, 0.1) is 0 Å². The SMILES string of the molecule is CCc1ccccc1C(=O)N(CCCC(=O)O)C(C)C. The Hall–Kier alpha value is -1.84. The number of hydrogen-bond acceptors (Lipinski definition) is 2. The molecular formula is C16H23NO3. The molecule has 0 heterocycles. The van der Waals surface area contributed by atoms with Crippen LogP contribution < -0.4 is 0 Å². The number of hydrogen-bond donors (Lipinski definition) is 1. The first-order valence-corrected chi connectivity index (χ1v) is 7.08. The van der Waals surface area contributed by atoms with Gasteiger partial charge in [-0.05, 0) is 38.3 Å². The molecule has 1 amide bonds. The molecule has 4 nitrogen and oxygen atoms in total. The molecule has 0 spiro atoms. The van der Waals surface area contributed by atoms with Crippen molar-refractivity contribution in [1.29, 1.82) is 0 Å². The average molecular weight is 277 g/mol. The Bertz CT molecular complexity index is 469. The van der Waals surface area contributed by atoms with E-state index in [9.17, 15) is 9.59 Å². The Morgan fingerprint density at radius 1 is 1.25 bits per heavy atom. The first kappa shape index (κ1) is 16.2. The molecule has 0 unspecified atom stereocenters. The predicted molar refractivity (Wildman–Crippen MR) is 78.9 cm³/mol. The molecule has 1 aromatic carbocycles. The number of carbonyl (C=O) groups excluding carboxylic acids is 1. The Balaban J connectivity index is 2.85. The average Bonchev–Trinajstić information content (AvgIpc) is 2.42. The van der Waals surface area contributed by atoms with Crippen LogP contribution in [0.1, 0.15) is 49.5 Å². The maximum absolute atomic E-state index is 12.6. The van der Waals surface area contributed by atoms with E-state index >= 15 is 0 Å². The van der Waals surface area contributed by atoms with E-state index in [-0.39, 0.29) is 18.4 Å². The van der Waals surface area contributed by atoms with E-state index in [1.807, 2.05) is 45.0 Å². The van der Waals surface area contributed by atoms with Gasteiger partial charge < -0.3 is 10.0 Å². The molecule has 0 aliphatic rings. The summed E-state index contributed by atoms with van der Waals surface area (Å²) in [4.78, 5) is 25.0. The summed E-state index contributed by atoms with van der Waals surface area (Å²) in [6.07, 6.45) is 1.38. The molecule has 0 radical (unpaired) electrons. The molecule has 4 heteroatoms. The van der Waals surface area contributed by atoms with Crippen molar-refractivity contribution >= 4 is 11.9 Å². The lowest BCUT2D eigenvalue weighted by molar-refractivity contribution is -0.137. The summed E-state index contributed by atoms with van der Waals surface area (Å²) in [5, 5.41) is 8.70. The van der Waals surface area contributed by atoms with E-state index in [0.717, 1.165) is 17.5 Å². The van der Waals surface area contributed by atoms with Crippen molar-refractivity contribution < 1.29 is 14.7 Å². The van der Waals surface area contributed by atoms with Gasteiger partial charge in [0.25, 0.3) is 5.91 Å². The molecule has 0 atom stereocenters. The first-order valence-electron chi connectivity index (χ1n) is 7.08. The van der Waals surface area contributed by atoms with E-state index in [2.05, 4.69) is 0 Å². The lowest BCUT2D eigenvalue weighted by Crippen LogP contribution is -2.38. The summed E-state index contributed by atoms with van der Waals surface area (Å²) in [5.74, 6) is -0.835. The number of nitrogens with zero attached hydrogens (tertiary/aromatic N) is 1. The molecule has 0 aliphatic carbocycles. The lowest BCUT2D eigenvalue weighted by Gasteiger charge is -2.27. The van der Waals surface area contributed by atoms with E-state index in [1.165, 1.54) is 0 Å². The molecule has 20 heavy (non-hydrogen) atoms. The minimum absolute atomic E-state index is 0.0113. The third kappa shape index (κ3) is 4.37. The van der Waals surface area contributed by atoms with Crippen LogP contribution in [0.4, 0.5) is 0 Å².